The van der Waals surface area contributed by atoms with Crippen molar-refractivity contribution in [1.29, 1.82) is 0 Å². The van der Waals surface area contributed by atoms with Gasteiger partial charge in [0, 0.05) is 38.2 Å². The number of amides is 2. The van der Waals surface area contributed by atoms with E-state index in [1.165, 1.54) is 32.5 Å². The highest BCUT2D eigenvalue weighted by Gasteiger charge is 2.23. The van der Waals surface area contributed by atoms with Gasteiger partial charge in [0.2, 0.25) is 11.8 Å². The number of rotatable bonds is 14. The van der Waals surface area contributed by atoms with Gasteiger partial charge in [-0.3, -0.25) is 9.59 Å². The standard InChI is InChI=1S/C19H32N4O4/c1-3-4-5-6-7-8-11-27-19(26)17(12-16-13-20-14-22-16)23-18(25)9-10-21-15(2)24/h13-14,17H,3-12H2,1-2H3,(H,20,22)(H,21,24)(H,23,25)/t17-/m1/s1. The number of imidazole rings is 1. The van der Waals surface area contributed by atoms with Crippen LogP contribution in [0, 0.1) is 0 Å². The van der Waals surface area contributed by atoms with Crippen LogP contribution in [0.1, 0.15) is 64.5 Å². The summed E-state index contributed by atoms with van der Waals surface area (Å²) in [4.78, 5) is 42.1. The molecule has 0 saturated carbocycles. The van der Waals surface area contributed by atoms with Gasteiger partial charge < -0.3 is 20.4 Å². The molecule has 0 saturated heterocycles. The number of aromatic nitrogens is 2. The van der Waals surface area contributed by atoms with Gasteiger partial charge in [0.1, 0.15) is 6.04 Å². The zero-order valence-electron chi connectivity index (χ0n) is 16.4. The number of H-pyrrole nitrogens is 1. The van der Waals surface area contributed by atoms with Crippen LogP contribution in [0.3, 0.4) is 0 Å². The number of aromatic amines is 1. The van der Waals surface area contributed by atoms with Crippen LogP contribution in [0.2, 0.25) is 0 Å². The number of carbonyl (C=O) groups excluding carboxylic acids is 3. The highest BCUT2D eigenvalue weighted by atomic mass is 16.5. The summed E-state index contributed by atoms with van der Waals surface area (Å²) in [5, 5.41) is 5.24. The Kier molecular flexibility index (Phi) is 11.6. The fraction of sp³-hybridized carbons (Fsp3) is 0.684. The molecule has 8 nitrogen and oxygen atoms in total. The highest BCUT2D eigenvalue weighted by Crippen LogP contribution is 2.06. The van der Waals surface area contributed by atoms with Gasteiger partial charge in [-0.15, -0.1) is 0 Å². The smallest absolute Gasteiger partial charge is 0.329 e. The summed E-state index contributed by atoms with van der Waals surface area (Å²) in [6, 6.07) is -0.782. The fourth-order valence-corrected chi connectivity index (χ4v) is 2.58. The van der Waals surface area contributed by atoms with Crippen LogP contribution in [0.15, 0.2) is 12.5 Å². The second-order valence-corrected chi connectivity index (χ2v) is 6.57. The number of carbonyl (C=O) groups is 3. The molecule has 0 aliphatic heterocycles. The van der Waals surface area contributed by atoms with Crippen molar-refractivity contribution in [1.82, 2.24) is 20.6 Å². The van der Waals surface area contributed by atoms with Crippen LogP contribution in [-0.4, -0.2) is 46.9 Å². The van der Waals surface area contributed by atoms with E-state index >= 15 is 0 Å². The van der Waals surface area contributed by atoms with Gasteiger partial charge in [-0.2, -0.15) is 0 Å². The lowest BCUT2D eigenvalue weighted by atomic mass is 10.1. The highest BCUT2D eigenvalue weighted by molar-refractivity contribution is 5.85. The third-order valence-corrected chi connectivity index (χ3v) is 4.07. The van der Waals surface area contributed by atoms with E-state index in [1.54, 1.807) is 6.20 Å². The molecule has 1 atom stereocenters. The van der Waals surface area contributed by atoms with Gasteiger partial charge >= 0.3 is 5.97 Å². The molecular weight excluding hydrogens is 348 g/mol. The molecule has 0 aliphatic carbocycles. The minimum absolute atomic E-state index is 0.101. The molecule has 0 radical (unpaired) electrons. The third-order valence-electron chi connectivity index (χ3n) is 4.07. The Morgan fingerprint density at radius 2 is 1.93 bits per heavy atom. The minimum Gasteiger partial charge on any atom is -0.464 e. The largest absolute Gasteiger partial charge is 0.464 e. The van der Waals surface area contributed by atoms with E-state index < -0.39 is 12.0 Å². The molecule has 152 valence electrons. The van der Waals surface area contributed by atoms with Crippen LogP contribution in [0.5, 0.6) is 0 Å². The number of hydrogen-bond donors (Lipinski definition) is 3. The van der Waals surface area contributed by atoms with Gasteiger partial charge in [0.15, 0.2) is 0 Å². The molecule has 0 fully saturated rings. The van der Waals surface area contributed by atoms with Gasteiger partial charge in [0.05, 0.1) is 12.9 Å². The average molecular weight is 380 g/mol. The Balaban J connectivity index is 2.41. The number of unbranched alkanes of at least 4 members (excludes halogenated alkanes) is 5. The van der Waals surface area contributed by atoms with E-state index in [2.05, 4.69) is 27.5 Å². The lowest BCUT2D eigenvalue weighted by Crippen LogP contribution is -2.44. The summed E-state index contributed by atoms with van der Waals surface area (Å²) in [5.74, 6) is -0.967. The maximum absolute atomic E-state index is 12.4. The molecule has 0 aromatic carbocycles. The molecule has 1 rings (SSSR count). The van der Waals surface area contributed by atoms with Crippen molar-refractivity contribution in [3.8, 4) is 0 Å². The zero-order chi connectivity index (χ0) is 19.9. The van der Waals surface area contributed by atoms with Crippen molar-refractivity contribution in [3.05, 3.63) is 18.2 Å². The van der Waals surface area contributed by atoms with Crippen molar-refractivity contribution in [2.75, 3.05) is 13.2 Å². The molecule has 0 unspecified atom stereocenters. The Hall–Kier alpha value is -2.38. The van der Waals surface area contributed by atoms with Crippen LogP contribution in [-0.2, 0) is 25.5 Å². The summed E-state index contributed by atoms with van der Waals surface area (Å²) in [7, 11) is 0. The third kappa shape index (κ3) is 11.0. The predicted molar refractivity (Wildman–Crippen MR) is 102 cm³/mol. The van der Waals surface area contributed by atoms with Crippen molar-refractivity contribution in [2.24, 2.45) is 0 Å². The number of ether oxygens (including phenoxy) is 1. The van der Waals surface area contributed by atoms with Gasteiger partial charge in [0.25, 0.3) is 0 Å². The molecule has 1 aromatic heterocycles. The molecule has 8 heteroatoms. The molecule has 1 aromatic rings. The summed E-state index contributed by atoms with van der Waals surface area (Å²) >= 11 is 0. The Labute approximate surface area is 160 Å². The SMILES string of the molecule is CCCCCCCCOC(=O)[C@@H](Cc1cnc[nH]1)NC(=O)CCNC(C)=O. The topological polar surface area (TPSA) is 113 Å². The molecule has 1 heterocycles. The van der Waals surface area contributed by atoms with E-state index in [0.717, 1.165) is 25.0 Å². The van der Waals surface area contributed by atoms with E-state index in [4.69, 9.17) is 4.74 Å². The van der Waals surface area contributed by atoms with E-state index in [1.807, 2.05) is 0 Å². The Morgan fingerprint density at radius 1 is 1.19 bits per heavy atom. The van der Waals surface area contributed by atoms with Crippen molar-refractivity contribution >= 4 is 17.8 Å². The summed E-state index contributed by atoms with van der Waals surface area (Å²) in [6.07, 6.45) is 10.1. The Morgan fingerprint density at radius 3 is 2.59 bits per heavy atom. The first-order valence-electron chi connectivity index (χ1n) is 9.70. The van der Waals surface area contributed by atoms with Crippen LogP contribution >= 0.6 is 0 Å². The first-order valence-corrected chi connectivity index (χ1v) is 9.70. The van der Waals surface area contributed by atoms with E-state index in [-0.39, 0.29) is 31.2 Å². The molecular formula is C19H32N4O4. The monoisotopic (exact) mass is 380 g/mol. The van der Waals surface area contributed by atoms with Gasteiger partial charge in [-0.05, 0) is 6.42 Å². The lowest BCUT2D eigenvalue weighted by Gasteiger charge is -2.17. The van der Waals surface area contributed by atoms with Crippen LogP contribution < -0.4 is 10.6 Å². The fourth-order valence-electron chi connectivity index (χ4n) is 2.58. The van der Waals surface area contributed by atoms with Crippen molar-refractivity contribution in [3.63, 3.8) is 0 Å². The van der Waals surface area contributed by atoms with Gasteiger partial charge in [-0.1, -0.05) is 39.0 Å². The van der Waals surface area contributed by atoms with E-state index in [0.29, 0.717) is 6.61 Å². The van der Waals surface area contributed by atoms with Crippen LogP contribution in [0.4, 0.5) is 0 Å². The minimum atomic E-state index is -0.782. The molecule has 3 N–H and O–H groups in total. The number of esters is 1. The summed E-state index contributed by atoms with van der Waals surface area (Å²) < 4.78 is 5.35. The quantitative estimate of drug-likeness (QED) is 0.337. The van der Waals surface area contributed by atoms with Crippen LogP contribution in [0.25, 0.3) is 0 Å². The number of hydrogen-bond acceptors (Lipinski definition) is 5. The number of nitrogens with zero attached hydrogens (tertiary/aromatic N) is 1. The molecule has 0 bridgehead atoms. The summed E-state index contributed by atoms with van der Waals surface area (Å²) in [5.41, 5.74) is 0.735. The second-order valence-electron chi connectivity index (χ2n) is 6.57. The van der Waals surface area contributed by atoms with E-state index in [9.17, 15) is 14.4 Å². The maximum atomic E-state index is 12.4. The van der Waals surface area contributed by atoms with Crippen molar-refractivity contribution in [2.45, 2.75) is 71.3 Å². The Bertz CT molecular complexity index is 560. The maximum Gasteiger partial charge on any atom is 0.329 e. The molecule has 2 amide bonds. The predicted octanol–water partition coefficient (Wildman–Crippen LogP) is 1.87. The first kappa shape index (κ1) is 22.7. The average Bonchev–Trinajstić information content (AvgIpc) is 3.13. The number of nitrogens with one attached hydrogen (secondary N) is 3. The second kappa shape index (κ2) is 13.8. The molecule has 0 spiro atoms. The van der Waals surface area contributed by atoms with Gasteiger partial charge in [-0.25, -0.2) is 9.78 Å². The molecule has 0 aliphatic rings. The first-order chi connectivity index (χ1) is 13.0. The summed E-state index contributed by atoms with van der Waals surface area (Å²) in [6.45, 7) is 4.14. The zero-order valence-corrected chi connectivity index (χ0v) is 16.4. The van der Waals surface area contributed by atoms with Crippen molar-refractivity contribution < 1.29 is 19.1 Å². The normalized spacial score (nSPS) is 11.6. The lowest BCUT2D eigenvalue weighted by molar-refractivity contribution is -0.148. The molecule has 27 heavy (non-hydrogen) atoms.